The van der Waals surface area contributed by atoms with Crippen LogP contribution >= 0.6 is 0 Å². The summed E-state index contributed by atoms with van der Waals surface area (Å²) >= 11 is 0. The van der Waals surface area contributed by atoms with Crippen LogP contribution in [-0.2, 0) is 10.0 Å². The average Bonchev–Trinajstić information content (AvgIpc) is 2.53. The molecule has 0 fully saturated rings. The first kappa shape index (κ1) is 16.0. The number of benzene rings is 2. The van der Waals surface area contributed by atoms with Gasteiger partial charge in [-0.2, -0.15) is 0 Å². The van der Waals surface area contributed by atoms with Crippen molar-refractivity contribution < 1.29 is 13.3 Å². The molecule has 116 valence electrons. The highest BCUT2D eigenvalue weighted by atomic mass is 32.2. The molecule has 0 heterocycles. The summed E-state index contributed by atoms with van der Waals surface area (Å²) < 4.78 is 26.9. The van der Waals surface area contributed by atoms with Crippen molar-refractivity contribution in [2.75, 3.05) is 10.8 Å². The molecule has 0 aliphatic rings. The minimum absolute atomic E-state index is 0.248. The van der Waals surface area contributed by atoms with E-state index >= 15 is 0 Å². The summed E-state index contributed by atoms with van der Waals surface area (Å²) in [6, 6.07) is 14.0. The molecule has 0 saturated heterocycles. The highest BCUT2D eigenvalue weighted by Gasteiger charge is 2.31. The Morgan fingerprint density at radius 3 is 2.23 bits per heavy atom. The van der Waals surface area contributed by atoms with E-state index < -0.39 is 20.6 Å². The molecule has 0 saturated carbocycles. The van der Waals surface area contributed by atoms with Crippen LogP contribution in [0.4, 0.5) is 11.4 Å². The Bertz CT molecular complexity index is 760. The topological polar surface area (TPSA) is 80.5 Å². The van der Waals surface area contributed by atoms with Crippen LogP contribution in [0.3, 0.4) is 0 Å². The molecule has 2 aromatic rings. The lowest BCUT2D eigenvalue weighted by Crippen LogP contribution is -2.32. The second-order valence-corrected chi connectivity index (χ2v) is 6.47. The lowest BCUT2D eigenvalue weighted by Gasteiger charge is -2.23. The third-order valence-electron chi connectivity index (χ3n) is 3.10. The Balaban J connectivity index is 2.58. The molecule has 22 heavy (non-hydrogen) atoms. The van der Waals surface area contributed by atoms with Crippen molar-refractivity contribution in [3.05, 3.63) is 64.7 Å². The first-order chi connectivity index (χ1) is 10.5. The summed E-state index contributed by atoms with van der Waals surface area (Å²) in [5.41, 5.74) is 0.0713. The summed E-state index contributed by atoms with van der Waals surface area (Å²) in [6.45, 7) is 2.10. The number of nitro groups is 1. The molecule has 7 heteroatoms. The maximum absolute atomic E-state index is 12.9. The van der Waals surface area contributed by atoms with Crippen molar-refractivity contribution in [3.63, 3.8) is 0 Å². The molecule has 0 amide bonds. The summed E-state index contributed by atoms with van der Waals surface area (Å²) in [5, 5.41) is 11.1. The molecular formula is C15H16N2O4S. The van der Waals surface area contributed by atoms with Crippen molar-refractivity contribution in [2.24, 2.45) is 0 Å². The van der Waals surface area contributed by atoms with E-state index in [2.05, 4.69) is 0 Å². The number of rotatable bonds is 6. The molecule has 0 aliphatic heterocycles. The van der Waals surface area contributed by atoms with Gasteiger partial charge in [0.15, 0.2) is 4.90 Å². The molecule has 0 bridgehead atoms. The van der Waals surface area contributed by atoms with E-state index in [1.807, 2.05) is 6.92 Å². The van der Waals surface area contributed by atoms with Gasteiger partial charge < -0.3 is 0 Å². The van der Waals surface area contributed by atoms with Crippen molar-refractivity contribution >= 4 is 21.4 Å². The molecule has 0 N–H and O–H groups in total. The van der Waals surface area contributed by atoms with Crippen LogP contribution in [-0.4, -0.2) is 19.9 Å². The molecule has 6 nitrogen and oxygen atoms in total. The van der Waals surface area contributed by atoms with Gasteiger partial charge >= 0.3 is 0 Å². The third kappa shape index (κ3) is 3.09. The van der Waals surface area contributed by atoms with E-state index in [1.54, 1.807) is 30.3 Å². The van der Waals surface area contributed by atoms with E-state index in [-0.39, 0.29) is 11.4 Å². The van der Waals surface area contributed by atoms with Gasteiger partial charge in [-0.15, -0.1) is 0 Å². The van der Waals surface area contributed by atoms with E-state index in [1.165, 1.54) is 28.6 Å². The standard InChI is InChI=1S/C15H16N2O4S/c1-2-12-16(13-8-4-3-5-9-13)22(20,21)15-11-7-6-10-14(15)17(18)19/h3-11H,2,12H2,1H3. The van der Waals surface area contributed by atoms with Crippen molar-refractivity contribution in [1.29, 1.82) is 0 Å². The number of hydrogen-bond acceptors (Lipinski definition) is 4. The van der Waals surface area contributed by atoms with Gasteiger partial charge in [0.1, 0.15) is 0 Å². The van der Waals surface area contributed by atoms with Gasteiger partial charge in [-0.1, -0.05) is 37.3 Å². The Morgan fingerprint density at radius 1 is 1.05 bits per heavy atom. The van der Waals surface area contributed by atoms with Crippen LogP contribution in [0.1, 0.15) is 13.3 Å². The first-order valence-electron chi connectivity index (χ1n) is 6.79. The molecule has 0 atom stereocenters. The maximum Gasteiger partial charge on any atom is 0.289 e. The van der Waals surface area contributed by atoms with Crippen LogP contribution < -0.4 is 4.31 Å². The normalized spacial score (nSPS) is 11.1. The van der Waals surface area contributed by atoms with Crippen LogP contribution in [0, 0.1) is 10.1 Å². The fourth-order valence-corrected chi connectivity index (χ4v) is 3.85. The summed E-state index contributed by atoms with van der Waals surface area (Å²) in [6.07, 6.45) is 0.592. The second-order valence-electron chi connectivity index (χ2n) is 4.64. The summed E-state index contributed by atoms with van der Waals surface area (Å²) in [5.74, 6) is 0. The zero-order chi connectivity index (χ0) is 16.2. The second kappa shape index (κ2) is 6.57. The van der Waals surface area contributed by atoms with E-state index in [9.17, 15) is 18.5 Å². The van der Waals surface area contributed by atoms with Gasteiger partial charge in [0.25, 0.3) is 15.7 Å². The van der Waals surface area contributed by atoms with Gasteiger partial charge in [0.2, 0.25) is 0 Å². The SMILES string of the molecule is CCCN(c1ccccc1)S(=O)(=O)c1ccccc1[N+](=O)[O-]. The van der Waals surface area contributed by atoms with Crippen molar-refractivity contribution in [2.45, 2.75) is 18.2 Å². The number of para-hydroxylation sites is 2. The molecule has 0 radical (unpaired) electrons. The van der Waals surface area contributed by atoms with Crippen LogP contribution in [0.2, 0.25) is 0 Å². The van der Waals surface area contributed by atoms with Gasteiger partial charge in [-0.05, 0) is 24.6 Å². The zero-order valence-corrected chi connectivity index (χ0v) is 12.9. The Kier molecular flexibility index (Phi) is 4.77. The van der Waals surface area contributed by atoms with Gasteiger partial charge in [-0.3, -0.25) is 14.4 Å². The largest absolute Gasteiger partial charge is 0.289 e. The molecule has 0 spiro atoms. The highest BCUT2D eigenvalue weighted by molar-refractivity contribution is 7.93. The minimum Gasteiger partial charge on any atom is -0.266 e. The summed E-state index contributed by atoms with van der Waals surface area (Å²) in [7, 11) is -4.00. The van der Waals surface area contributed by atoms with Gasteiger partial charge in [-0.25, -0.2) is 8.42 Å². The number of hydrogen-bond donors (Lipinski definition) is 0. The monoisotopic (exact) mass is 320 g/mol. The average molecular weight is 320 g/mol. The predicted octanol–water partition coefficient (Wildman–Crippen LogP) is 3.20. The molecular weight excluding hydrogens is 304 g/mol. The molecule has 0 aromatic heterocycles. The molecule has 0 unspecified atom stereocenters. The van der Waals surface area contributed by atoms with Crippen LogP contribution in [0.5, 0.6) is 0 Å². The van der Waals surface area contributed by atoms with E-state index in [4.69, 9.17) is 0 Å². The smallest absolute Gasteiger partial charge is 0.266 e. The first-order valence-corrected chi connectivity index (χ1v) is 8.23. The maximum atomic E-state index is 12.9. The molecule has 0 aliphatic carbocycles. The van der Waals surface area contributed by atoms with Crippen molar-refractivity contribution in [3.8, 4) is 0 Å². The Hall–Kier alpha value is -2.41. The highest BCUT2D eigenvalue weighted by Crippen LogP contribution is 2.29. The van der Waals surface area contributed by atoms with E-state index in [0.717, 1.165) is 0 Å². The lowest BCUT2D eigenvalue weighted by molar-refractivity contribution is -0.387. The minimum atomic E-state index is -4.00. The summed E-state index contributed by atoms with van der Waals surface area (Å²) in [4.78, 5) is 10.1. The predicted molar refractivity (Wildman–Crippen MR) is 84.4 cm³/mol. The van der Waals surface area contributed by atoms with Crippen molar-refractivity contribution in [1.82, 2.24) is 0 Å². The lowest BCUT2D eigenvalue weighted by atomic mass is 10.3. The fourth-order valence-electron chi connectivity index (χ4n) is 2.13. The van der Waals surface area contributed by atoms with Crippen LogP contribution in [0.25, 0.3) is 0 Å². The third-order valence-corrected chi connectivity index (χ3v) is 4.98. The van der Waals surface area contributed by atoms with Gasteiger partial charge in [0.05, 0.1) is 10.6 Å². The number of sulfonamides is 1. The van der Waals surface area contributed by atoms with Gasteiger partial charge in [0, 0.05) is 12.6 Å². The molecule has 2 aromatic carbocycles. The van der Waals surface area contributed by atoms with E-state index in [0.29, 0.717) is 12.1 Å². The zero-order valence-electron chi connectivity index (χ0n) is 12.0. The van der Waals surface area contributed by atoms with Crippen LogP contribution in [0.15, 0.2) is 59.5 Å². The fraction of sp³-hybridized carbons (Fsp3) is 0.200. The number of nitrogens with zero attached hydrogens (tertiary/aromatic N) is 2. The number of nitro benzene ring substituents is 1. The Morgan fingerprint density at radius 2 is 1.64 bits per heavy atom. The quantitative estimate of drug-likeness (QED) is 0.604. The number of anilines is 1. The molecule has 2 rings (SSSR count). The Labute approximate surface area is 129 Å².